The summed E-state index contributed by atoms with van der Waals surface area (Å²) in [6.07, 6.45) is 16.2. The Morgan fingerprint density at radius 3 is 2.00 bits per heavy atom. The fourth-order valence-electron chi connectivity index (χ4n) is 8.00. The number of fused-ring (bicyclic) bond motifs is 3. The summed E-state index contributed by atoms with van der Waals surface area (Å²) in [5.41, 5.74) is 10.5. The molecule has 0 atom stereocenters. The molecule has 2 fully saturated rings. The van der Waals surface area contributed by atoms with E-state index < -0.39 is 0 Å². The van der Waals surface area contributed by atoms with E-state index in [2.05, 4.69) is 75.8 Å². The van der Waals surface area contributed by atoms with Gasteiger partial charge in [-0.1, -0.05) is 93.1 Å². The second kappa shape index (κ2) is 8.20. The smallest absolute Gasteiger partial charge is 0.225 e. The highest BCUT2D eigenvalue weighted by Gasteiger charge is 2.34. The minimum atomic E-state index is 0.696. The average Bonchev–Trinajstić information content (AvgIpc) is 3.50. The number of benzene rings is 3. The molecule has 2 nitrogen and oxygen atoms in total. The molecule has 3 aromatic carbocycles. The predicted molar refractivity (Wildman–Crippen MR) is 149 cm³/mol. The van der Waals surface area contributed by atoms with Crippen molar-refractivity contribution in [1.29, 1.82) is 0 Å². The SMILES string of the molecule is c1cc(C2CCCCC2)c(-c2c[n+]3c4c5c(cccc5c5ccccc5n24)C3)c(C2CCCCC2)c1. The summed E-state index contributed by atoms with van der Waals surface area (Å²) >= 11 is 0. The predicted octanol–water partition coefficient (Wildman–Crippen LogP) is 8.66. The standard InChI is InChI=1S/C34H35N2/c1-3-11-23(12-4-1)26-17-10-18-27(24-13-5-2-6-14-24)33(26)31-22-35-21-25-15-9-19-29-28-16-7-8-20-30(28)36(31)34(35)32(25)29/h7-10,15-20,22-24H,1-6,11-14,21H2/q+1. The van der Waals surface area contributed by atoms with Crippen LogP contribution in [0.4, 0.5) is 0 Å². The molecule has 0 radical (unpaired) electrons. The van der Waals surface area contributed by atoms with Crippen molar-refractivity contribution in [3.8, 4) is 11.3 Å². The summed E-state index contributed by atoms with van der Waals surface area (Å²) in [5, 5.41) is 4.23. The van der Waals surface area contributed by atoms with Crippen molar-refractivity contribution >= 4 is 27.3 Å². The third-order valence-electron chi connectivity index (χ3n) is 9.63. The highest BCUT2D eigenvalue weighted by Crippen LogP contribution is 2.46. The van der Waals surface area contributed by atoms with Gasteiger partial charge < -0.3 is 0 Å². The van der Waals surface area contributed by atoms with Gasteiger partial charge in [0.15, 0.2) is 5.69 Å². The van der Waals surface area contributed by atoms with E-state index in [1.165, 1.54) is 103 Å². The third-order valence-corrected chi connectivity index (χ3v) is 9.63. The molecule has 0 N–H and O–H groups in total. The summed E-state index contributed by atoms with van der Waals surface area (Å²) in [5.74, 6) is 1.39. The fourth-order valence-corrected chi connectivity index (χ4v) is 8.00. The van der Waals surface area contributed by atoms with Crippen LogP contribution >= 0.6 is 0 Å². The topological polar surface area (TPSA) is 8.29 Å². The average molecular weight is 472 g/mol. The van der Waals surface area contributed by atoms with Crippen LogP contribution < -0.4 is 4.57 Å². The van der Waals surface area contributed by atoms with Crippen molar-refractivity contribution in [2.75, 3.05) is 0 Å². The van der Waals surface area contributed by atoms with E-state index in [0.29, 0.717) is 11.8 Å². The Hall–Kier alpha value is -3.13. The van der Waals surface area contributed by atoms with Gasteiger partial charge in [-0.3, -0.25) is 0 Å². The fraction of sp³-hybridized carbons (Fsp3) is 0.382. The van der Waals surface area contributed by atoms with Crippen LogP contribution in [-0.4, -0.2) is 4.40 Å². The zero-order valence-corrected chi connectivity index (χ0v) is 21.2. The van der Waals surface area contributed by atoms with E-state index in [1.54, 1.807) is 16.7 Å². The Bertz CT molecular complexity index is 1590. The summed E-state index contributed by atoms with van der Waals surface area (Å²) < 4.78 is 5.18. The van der Waals surface area contributed by atoms with Crippen LogP contribution in [-0.2, 0) is 6.54 Å². The molecule has 8 rings (SSSR count). The number of nitrogens with zero attached hydrogens (tertiary/aromatic N) is 2. The van der Waals surface area contributed by atoms with Gasteiger partial charge in [-0.15, -0.1) is 0 Å². The maximum Gasteiger partial charge on any atom is 0.295 e. The lowest BCUT2D eigenvalue weighted by atomic mass is 9.76. The minimum Gasteiger partial charge on any atom is -0.225 e. The van der Waals surface area contributed by atoms with Crippen molar-refractivity contribution in [2.24, 2.45) is 0 Å². The van der Waals surface area contributed by atoms with E-state index in [-0.39, 0.29) is 0 Å². The highest BCUT2D eigenvalue weighted by atomic mass is 15.1. The first kappa shape index (κ1) is 21.0. The van der Waals surface area contributed by atoms with Crippen molar-refractivity contribution in [2.45, 2.75) is 82.6 Å². The maximum absolute atomic E-state index is 2.64. The van der Waals surface area contributed by atoms with Crippen molar-refractivity contribution in [3.05, 3.63) is 83.6 Å². The van der Waals surface area contributed by atoms with Crippen molar-refractivity contribution in [3.63, 3.8) is 0 Å². The number of pyridine rings is 1. The monoisotopic (exact) mass is 471 g/mol. The Kier molecular flexibility index (Phi) is 4.78. The Balaban J connectivity index is 1.48. The van der Waals surface area contributed by atoms with Crippen LogP contribution in [0.3, 0.4) is 0 Å². The Labute approximate surface area is 213 Å². The maximum atomic E-state index is 2.64. The van der Waals surface area contributed by atoms with Crippen LogP contribution in [0.1, 0.15) is 92.7 Å². The van der Waals surface area contributed by atoms with Gasteiger partial charge in [0.25, 0.3) is 5.65 Å². The third kappa shape index (κ3) is 3.00. The quantitative estimate of drug-likeness (QED) is 0.180. The van der Waals surface area contributed by atoms with Crippen molar-refractivity contribution < 1.29 is 4.57 Å². The molecule has 3 aliphatic rings. The molecular formula is C34H35N2+. The molecule has 36 heavy (non-hydrogen) atoms. The molecule has 3 heterocycles. The van der Waals surface area contributed by atoms with Gasteiger partial charge in [0.05, 0.1) is 5.39 Å². The zero-order valence-electron chi connectivity index (χ0n) is 21.2. The van der Waals surface area contributed by atoms with Crippen molar-refractivity contribution in [1.82, 2.24) is 4.40 Å². The molecule has 2 saturated carbocycles. The second-order valence-corrected chi connectivity index (χ2v) is 11.6. The summed E-state index contributed by atoms with van der Waals surface area (Å²) in [7, 11) is 0. The lowest BCUT2D eigenvalue weighted by molar-refractivity contribution is -0.657. The summed E-state index contributed by atoms with van der Waals surface area (Å²) in [4.78, 5) is 0. The van der Waals surface area contributed by atoms with Crippen LogP contribution in [0, 0.1) is 0 Å². The number of aromatic nitrogens is 2. The van der Waals surface area contributed by atoms with E-state index in [1.807, 2.05) is 0 Å². The van der Waals surface area contributed by atoms with Gasteiger partial charge >= 0.3 is 0 Å². The number of imidazole rings is 1. The molecule has 0 saturated heterocycles. The lowest BCUT2D eigenvalue weighted by Gasteiger charge is -2.29. The highest BCUT2D eigenvalue weighted by molar-refractivity contribution is 6.13. The van der Waals surface area contributed by atoms with E-state index >= 15 is 0 Å². The van der Waals surface area contributed by atoms with Gasteiger partial charge in [-0.25, -0.2) is 4.57 Å². The number of hydrogen-bond donors (Lipinski definition) is 0. The van der Waals surface area contributed by atoms with E-state index in [9.17, 15) is 0 Å². The van der Waals surface area contributed by atoms with Gasteiger partial charge in [0.2, 0.25) is 0 Å². The minimum absolute atomic E-state index is 0.696. The first-order valence-corrected chi connectivity index (χ1v) is 14.4. The molecule has 2 heteroatoms. The molecule has 180 valence electrons. The normalized spacial score (nSPS) is 18.8. The summed E-state index contributed by atoms with van der Waals surface area (Å²) in [6, 6.07) is 23.4. The lowest BCUT2D eigenvalue weighted by Crippen LogP contribution is -2.28. The van der Waals surface area contributed by atoms with E-state index in [4.69, 9.17) is 0 Å². The van der Waals surface area contributed by atoms with Crippen LogP contribution in [0.2, 0.25) is 0 Å². The molecular weight excluding hydrogens is 436 g/mol. The molecule has 5 aromatic rings. The largest absolute Gasteiger partial charge is 0.295 e. The molecule has 1 aliphatic heterocycles. The van der Waals surface area contributed by atoms with Crippen LogP contribution in [0.15, 0.2) is 66.9 Å². The molecule has 0 bridgehead atoms. The second-order valence-electron chi connectivity index (χ2n) is 11.6. The van der Waals surface area contributed by atoms with Gasteiger partial charge in [-0.05, 0) is 54.7 Å². The first-order valence-electron chi connectivity index (χ1n) is 14.4. The van der Waals surface area contributed by atoms with Crippen LogP contribution in [0.5, 0.6) is 0 Å². The summed E-state index contributed by atoms with van der Waals surface area (Å²) in [6.45, 7) is 0.983. The zero-order chi connectivity index (χ0) is 23.6. The van der Waals surface area contributed by atoms with Crippen LogP contribution in [0.25, 0.3) is 38.6 Å². The Morgan fingerprint density at radius 1 is 0.639 bits per heavy atom. The molecule has 2 aromatic heterocycles. The van der Waals surface area contributed by atoms with E-state index in [0.717, 1.165) is 6.54 Å². The van der Waals surface area contributed by atoms with Gasteiger partial charge in [0, 0.05) is 21.9 Å². The molecule has 2 aliphatic carbocycles. The molecule has 0 unspecified atom stereocenters. The molecule has 0 amide bonds. The number of hydrogen-bond acceptors (Lipinski definition) is 0. The van der Waals surface area contributed by atoms with Gasteiger partial charge in [-0.2, -0.15) is 4.40 Å². The van der Waals surface area contributed by atoms with Gasteiger partial charge in [0.1, 0.15) is 18.3 Å². The number of para-hydroxylation sites is 1. The number of rotatable bonds is 3. The molecule has 0 spiro atoms. The Morgan fingerprint density at radius 2 is 1.28 bits per heavy atom. The first-order chi connectivity index (χ1) is 17.9.